The highest BCUT2D eigenvalue weighted by Gasteiger charge is 2.26. The van der Waals surface area contributed by atoms with Gasteiger partial charge in [-0.2, -0.15) is 0 Å². The van der Waals surface area contributed by atoms with Crippen molar-refractivity contribution in [1.82, 2.24) is 30.0 Å². The van der Waals surface area contributed by atoms with Crippen LogP contribution in [0.3, 0.4) is 0 Å². The maximum absolute atomic E-state index is 12.7. The molecule has 1 fully saturated rings. The number of hydrogen-bond donors (Lipinski definition) is 1. The molecule has 3 aromatic rings. The Bertz CT molecular complexity index is 1090. The Morgan fingerprint density at radius 3 is 2.91 bits per heavy atom. The number of carbonyl (C=O) groups excluding carboxylic acids is 1. The highest BCUT2D eigenvalue weighted by molar-refractivity contribution is 5.81. The van der Waals surface area contributed by atoms with Crippen molar-refractivity contribution in [2.45, 2.75) is 45.3 Å². The van der Waals surface area contributed by atoms with Crippen molar-refractivity contribution in [2.24, 2.45) is 5.92 Å². The first-order chi connectivity index (χ1) is 15.7. The summed E-state index contributed by atoms with van der Waals surface area (Å²) < 4.78 is 7.57. The average Bonchev–Trinajstić information content (AvgIpc) is 3.14. The number of ether oxygens (including phenoxy) is 1. The number of hydrogen-bond acceptors (Lipinski definition) is 6. The van der Waals surface area contributed by atoms with Gasteiger partial charge in [-0.05, 0) is 37.5 Å². The second-order valence-corrected chi connectivity index (χ2v) is 8.76. The molecule has 0 saturated carbocycles. The Kier molecular flexibility index (Phi) is 6.14. The van der Waals surface area contributed by atoms with E-state index in [0.29, 0.717) is 13.2 Å². The second kappa shape index (κ2) is 9.34. The van der Waals surface area contributed by atoms with Gasteiger partial charge in [-0.3, -0.25) is 14.7 Å². The molecular formula is C24H30N6O2. The van der Waals surface area contributed by atoms with Gasteiger partial charge in [0, 0.05) is 63.3 Å². The number of nitrogens with one attached hydrogen (secondary N) is 1. The third kappa shape index (κ3) is 4.38. The molecule has 0 aliphatic carbocycles. The Morgan fingerprint density at radius 2 is 2.03 bits per heavy atom. The van der Waals surface area contributed by atoms with E-state index in [-0.39, 0.29) is 17.9 Å². The van der Waals surface area contributed by atoms with Crippen LogP contribution in [-0.4, -0.2) is 56.9 Å². The summed E-state index contributed by atoms with van der Waals surface area (Å²) in [5.41, 5.74) is 2.33. The summed E-state index contributed by atoms with van der Waals surface area (Å²) >= 11 is 0. The molecular weight excluding hydrogens is 404 g/mol. The highest BCUT2D eigenvalue weighted by atomic mass is 16.5. The van der Waals surface area contributed by atoms with Crippen LogP contribution in [0.1, 0.15) is 43.0 Å². The Hall–Kier alpha value is -2.84. The van der Waals surface area contributed by atoms with Crippen LogP contribution in [0.2, 0.25) is 0 Å². The lowest BCUT2D eigenvalue weighted by Crippen LogP contribution is -2.36. The van der Waals surface area contributed by atoms with Crippen LogP contribution in [0.25, 0.3) is 10.9 Å². The SMILES string of the molecule is CC(NC(=O)C1CCOCC1)c1nnc2n1CCN(Cc1cccc3ncccc13)CC2. The average molecular weight is 435 g/mol. The smallest absolute Gasteiger partial charge is 0.223 e. The van der Waals surface area contributed by atoms with Crippen molar-refractivity contribution in [3.63, 3.8) is 0 Å². The van der Waals surface area contributed by atoms with E-state index in [1.165, 1.54) is 10.9 Å². The number of nitrogens with zero attached hydrogens (tertiary/aromatic N) is 5. The first-order valence-electron chi connectivity index (χ1n) is 11.5. The van der Waals surface area contributed by atoms with E-state index in [9.17, 15) is 4.79 Å². The van der Waals surface area contributed by atoms with Gasteiger partial charge in [-0.1, -0.05) is 18.2 Å². The van der Waals surface area contributed by atoms with Gasteiger partial charge >= 0.3 is 0 Å². The van der Waals surface area contributed by atoms with Gasteiger partial charge in [0.05, 0.1) is 11.6 Å². The molecule has 1 saturated heterocycles. The number of pyridine rings is 1. The summed E-state index contributed by atoms with van der Waals surface area (Å²) in [7, 11) is 0. The van der Waals surface area contributed by atoms with Crippen LogP contribution in [0.15, 0.2) is 36.5 Å². The van der Waals surface area contributed by atoms with Crippen LogP contribution in [0.5, 0.6) is 0 Å². The van der Waals surface area contributed by atoms with E-state index < -0.39 is 0 Å². The van der Waals surface area contributed by atoms with Crippen LogP contribution in [0, 0.1) is 5.92 Å². The van der Waals surface area contributed by atoms with E-state index in [1.54, 1.807) is 0 Å². The monoisotopic (exact) mass is 434 g/mol. The lowest BCUT2D eigenvalue weighted by molar-refractivity contribution is -0.128. The second-order valence-electron chi connectivity index (χ2n) is 8.76. The Labute approximate surface area is 188 Å². The first kappa shape index (κ1) is 21.0. The molecule has 2 aliphatic heterocycles. The molecule has 5 rings (SSSR count). The summed E-state index contributed by atoms with van der Waals surface area (Å²) in [6, 6.07) is 10.3. The van der Waals surface area contributed by atoms with Crippen molar-refractivity contribution in [3.05, 3.63) is 53.7 Å². The fraction of sp³-hybridized carbons (Fsp3) is 0.500. The number of benzene rings is 1. The van der Waals surface area contributed by atoms with Crippen LogP contribution in [0.4, 0.5) is 0 Å². The van der Waals surface area contributed by atoms with Crippen molar-refractivity contribution in [1.29, 1.82) is 0 Å². The molecule has 1 atom stereocenters. The van der Waals surface area contributed by atoms with Crippen molar-refractivity contribution in [3.8, 4) is 0 Å². The molecule has 1 unspecified atom stereocenters. The van der Waals surface area contributed by atoms with Gasteiger partial charge < -0.3 is 14.6 Å². The van der Waals surface area contributed by atoms with Gasteiger partial charge in [0.25, 0.3) is 0 Å². The van der Waals surface area contributed by atoms with Crippen molar-refractivity contribution < 1.29 is 9.53 Å². The van der Waals surface area contributed by atoms with Gasteiger partial charge in [0.2, 0.25) is 5.91 Å². The number of fused-ring (bicyclic) bond motifs is 2. The van der Waals surface area contributed by atoms with E-state index >= 15 is 0 Å². The molecule has 168 valence electrons. The minimum absolute atomic E-state index is 0.0309. The summed E-state index contributed by atoms with van der Waals surface area (Å²) in [4.78, 5) is 19.6. The number of amides is 1. The summed E-state index contributed by atoms with van der Waals surface area (Å²) in [5, 5.41) is 13.3. The van der Waals surface area contributed by atoms with Crippen molar-refractivity contribution >= 4 is 16.8 Å². The molecule has 8 heteroatoms. The van der Waals surface area contributed by atoms with E-state index in [2.05, 4.69) is 54.2 Å². The minimum atomic E-state index is -0.165. The molecule has 2 aromatic heterocycles. The maximum Gasteiger partial charge on any atom is 0.223 e. The lowest BCUT2D eigenvalue weighted by Gasteiger charge is -2.24. The molecule has 8 nitrogen and oxygen atoms in total. The summed E-state index contributed by atoms with van der Waals surface area (Å²) in [5.74, 6) is 1.97. The van der Waals surface area contributed by atoms with Crippen molar-refractivity contribution in [2.75, 3.05) is 26.3 Å². The summed E-state index contributed by atoms with van der Waals surface area (Å²) in [6.45, 7) is 6.86. The molecule has 4 heterocycles. The third-order valence-corrected chi connectivity index (χ3v) is 6.62. The van der Waals surface area contributed by atoms with Gasteiger partial charge in [0.1, 0.15) is 5.82 Å². The standard InChI is InChI=1S/C24H30N6O2/c1-17(26-24(31)18-8-14-32-15-9-18)23-28-27-22-7-11-29(12-13-30(22)23)16-19-4-2-6-21-20(19)5-3-10-25-21/h2-6,10,17-18H,7-9,11-16H2,1H3,(H,26,31). The zero-order chi connectivity index (χ0) is 21.9. The van der Waals surface area contributed by atoms with Gasteiger partial charge in [-0.15, -0.1) is 10.2 Å². The first-order valence-corrected chi connectivity index (χ1v) is 11.5. The predicted octanol–water partition coefficient (Wildman–Crippen LogP) is 2.49. The van der Waals surface area contributed by atoms with Crippen LogP contribution < -0.4 is 5.32 Å². The molecule has 2 aliphatic rings. The summed E-state index contributed by atoms with van der Waals surface area (Å²) in [6.07, 6.45) is 4.26. The Morgan fingerprint density at radius 1 is 1.16 bits per heavy atom. The molecule has 1 aromatic carbocycles. The van der Waals surface area contributed by atoms with E-state index in [4.69, 9.17) is 4.74 Å². The topological polar surface area (TPSA) is 85.2 Å². The largest absolute Gasteiger partial charge is 0.381 e. The quantitative estimate of drug-likeness (QED) is 0.664. The third-order valence-electron chi connectivity index (χ3n) is 6.62. The maximum atomic E-state index is 12.7. The van der Waals surface area contributed by atoms with E-state index in [1.807, 2.05) is 19.2 Å². The van der Waals surface area contributed by atoms with Gasteiger partial charge in [0.15, 0.2) is 5.82 Å². The Balaban J connectivity index is 1.25. The van der Waals surface area contributed by atoms with E-state index in [0.717, 1.165) is 62.6 Å². The molecule has 1 amide bonds. The molecule has 32 heavy (non-hydrogen) atoms. The van der Waals surface area contributed by atoms with Crippen LogP contribution >= 0.6 is 0 Å². The number of rotatable bonds is 5. The molecule has 0 spiro atoms. The van der Waals surface area contributed by atoms with Crippen LogP contribution in [-0.2, 0) is 29.0 Å². The number of carbonyl (C=O) groups is 1. The zero-order valence-electron chi connectivity index (χ0n) is 18.5. The lowest BCUT2D eigenvalue weighted by atomic mass is 9.99. The normalized spacial score (nSPS) is 18.8. The highest BCUT2D eigenvalue weighted by Crippen LogP contribution is 2.22. The fourth-order valence-electron chi connectivity index (χ4n) is 4.77. The van der Waals surface area contributed by atoms with Gasteiger partial charge in [-0.25, -0.2) is 0 Å². The minimum Gasteiger partial charge on any atom is -0.381 e. The molecule has 1 N–H and O–H groups in total. The number of aromatic nitrogens is 4. The fourth-order valence-corrected chi connectivity index (χ4v) is 4.77. The molecule has 0 bridgehead atoms. The predicted molar refractivity (Wildman–Crippen MR) is 121 cm³/mol. The zero-order valence-corrected chi connectivity index (χ0v) is 18.5. The molecule has 0 radical (unpaired) electrons.